The molecule has 0 aliphatic carbocycles. The Morgan fingerprint density at radius 3 is 2.35 bits per heavy atom. The number of carbonyl (C=O) groups excluding carboxylic acids is 1. The lowest BCUT2D eigenvalue weighted by atomic mass is 9.75. The Kier molecular flexibility index (Phi) is 5.44. The normalized spacial score (nSPS) is 19.3. The van der Waals surface area contributed by atoms with Crippen molar-refractivity contribution in [2.75, 3.05) is 26.7 Å². The van der Waals surface area contributed by atoms with Gasteiger partial charge in [-0.2, -0.15) is 0 Å². The Bertz CT molecular complexity index is 237. The van der Waals surface area contributed by atoms with Crippen LogP contribution in [0.2, 0.25) is 0 Å². The van der Waals surface area contributed by atoms with Crippen molar-refractivity contribution in [3.63, 3.8) is 0 Å². The Hall–Kier alpha value is -0.570. The molecule has 0 saturated carbocycles. The summed E-state index contributed by atoms with van der Waals surface area (Å²) in [7, 11) is 1.46. The molecule has 0 atom stereocenters. The number of rotatable bonds is 4. The van der Waals surface area contributed by atoms with Crippen LogP contribution in [0.25, 0.3) is 0 Å². The Labute approximate surface area is 106 Å². The first kappa shape index (κ1) is 14.5. The standard InChI is InChI=1S/C14H27NO2/c1-14(2,3)12-7-10-15(11-8-12)9-5-6-13(16)17-4/h12H,5-11H2,1-4H3. The highest BCUT2D eigenvalue weighted by Gasteiger charge is 2.28. The van der Waals surface area contributed by atoms with Crippen LogP contribution in [0, 0.1) is 11.3 Å². The number of ether oxygens (including phenoxy) is 1. The molecule has 0 amide bonds. The molecule has 1 rings (SSSR count). The molecule has 1 saturated heterocycles. The van der Waals surface area contributed by atoms with Crippen LogP contribution in [0.1, 0.15) is 46.5 Å². The third-order valence-electron chi connectivity index (χ3n) is 3.90. The van der Waals surface area contributed by atoms with Crippen LogP contribution in [-0.2, 0) is 9.53 Å². The van der Waals surface area contributed by atoms with Crippen molar-refractivity contribution < 1.29 is 9.53 Å². The number of hydrogen-bond donors (Lipinski definition) is 0. The maximum Gasteiger partial charge on any atom is 0.305 e. The van der Waals surface area contributed by atoms with Crippen LogP contribution < -0.4 is 0 Å². The van der Waals surface area contributed by atoms with Crippen LogP contribution in [0.4, 0.5) is 0 Å². The molecular weight excluding hydrogens is 214 g/mol. The van der Waals surface area contributed by atoms with Gasteiger partial charge in [-0.25, -0.2) is 0 Å². The lowest BCUT2D eigenvalue weighted by Gasteiger charge is -2.38. The van der Waals surface area contributed by atoms with Crippen molar-refractivity contribution in [2.45, 2.75) is 46.5 Å². The van der Waals surface area contributed by atoms with Gasteiger partial charge in [-0.1, -0.05) is 20.8 Å². The molecule has 3 nitrogen and oxygen atoms in total. The van der Waals surface area contributed by atoms with Gasteiger partial charge in [0.25, 0.3) is 0 Å². The van der Waals surface area contributed by atoms with Crippen LogP contribution in [-0.4, -0.2) is 37.6 Å². The van der Waals surface area contributed by atoms with Gasteiger partial charge in [0.05, 0.1) is 7.11 Å². The molecule has 0 N–H and O–H groups in total. The number of carbonyl (C=O) groups is 1. The third-order valence-corrected chi connectivity index (χ3v) is 3.90. The summed E-state index contributed by atoms with van der Waals surface area (Å²) in [6.45, 7) is 10.4. The van der Waals surface area contributed by atoms with Crippen LogP contribution in [0.15, 0.2) is 0 Å². The van der Waals surface area contributed by atoms with Gasteiger partial charge < -0.3 is 9.64 Å². The fourth-order valence-corrected chi connectivity index (χ4v) is 2.57. The second-order valence-corrected chi connectivity index (χ2v) is 6.16. The van der Waals surface area contributed by atoms with Crippen molar-refractivity contribution in [3.8, 4) is 0 Å². The SMILES string of the molecule is COC(=O)CCCN1CCC(C(C)(C)C)CC1. The van der Waals surface area contributed by atoms with Gasteiger partial charge in [-0.3, -0.25) is 4.79 Å². The van der Waals surface area contributed by atoms with Crippen molar-refractivity contribution in [1.82, 2.24) is 4.90 Å². The molecule has 0 aromatic carbocycles. The lowest BCUT2D eigenvalue weighted by molar-refractivity contribution is -0.140. The van der Waals surface area contributed by atoms with E-state index in [1.165, 1.54) is 33.0 Å². The zero-order valence-electron chi connectivity index (χ0n) is 11.8. The summed E-state index contributed by atoms with van der Waals surface area (Å²) in [6, 6.07) is 0. The largest absolute Gasteiger partial charge is 0.469 e. The van der Waals surface area contributed by atoms with Gasteiger partial charge in [-0.15, -0.1) is 0 Å². The number of piperidine rings is 1. The number of esters is 1. The molecule has 0 aromatic rings. The van der Waals surface area contributed by atoms with E-state index in [0.29, 0.717) is 11.8 Å². The Morgan fingerprint density at radius 1 is 1.29 bits per heavy atom. The minimum Gasteiger partial charge on any atom is -0.469 e. The van der Waals surface area contributed by atoms with E-state index in [0.717, 1.165) is 18.9 Å². The maximum absolute atomic E-state index is 11.0. The van der Waals surface area contributed by atoms with E-state index in [-0.39, 0.29) is 5.97 Å². The molecule has 1 fully saturated rings. The van der Waals surface area contributed by atoms with Gasteiger partial charge in [0.2, 0.25) is 0 Å². The minimum atomic E-state index is -0.0884. The summed E-state index contributed by atoms with van der Waals surface area (Å²) in [5, 5.41) is 0. The molecule has 17 heavy (non-hydrogen) atoms. The van der Waals surface area contributed by atoms with Crippen molar-refractivity contribution in [1.29, 1.82) is 0 Å². The molecule has 1 aliphatic rings. The maximum atomic E-state index is 11.0. The van der Waals surface area contributed by atoms with E-state index in [2.05, 4.69) is 30.4 Å². The Morgan fingerprint density at radius 2 is 1.88 bits per heavy atom. The number of hydrogen-bond acceptors (Lipinski definition) is 3. The highest BCUT2D eigenvalue weighted by molar-refractivity contribution is 5.69. The summed E-state index contributed by atoms with van der Waals surface area (Å²) >= 11 is 0. The van der Waals surface area contributed by atoms with E-state index >= 15 is 0 Å². The van der Waals surface area contributed by atoms with Gasteiger partial charge in [0, 0.05) is 6.42 Å². The van der Waals surface area contributed by atoms with Gasteiger partial charge in [0.15, 0.2) is 0 Å². The van der Waals surface area contributed by atoms with E-state index in [4.69, 9.17) is 0 Å². The molecule has 0 aromatic heterocycles. The monoisotopic (exact) mass is 241 g/mol. The van der Waals surface area contributed by atoms with Crippen molar-refractivity contribution in [3.05, 3.63) is 0 Å². The summed E-state index contributed by atoms with van der Waals surface area (Å²) in [4.78, 5) is 13.5. The average molecular weight is 241 g/mol. The quantitative estimate of drug-likeness (QED) is 0.709. The van der Waals surface area contributed by atoms with Crippen LogP contribution in [0.3, 0.4) is 0 Å². The Balaban J connectivity index is 2.17. The smallest absolute Gasteiger partial charge is 0.305 e. The van der Waals surface area contributed by atoms with E-state index in [1.54, 1.807) is 0 Å². The highest BCUT2D eigenvalue weighted by Crippen LogP contribution is 2.34. The van der Waals surface area contributed by atoms with Crippen molar-refractivity contribution >= 4 is 5.97 Å². The number of likely N-dealkylation sites (tertiary alicyclic amines) is 1. The molecule has 1 heterocycles. The predicted molar refractivity (Wildman–Crippen MR) is 69.9 cm³/mol. The van der Waals surface area contributed by atoms with E-state index in [1.807, 2.05) is 0 Å². The first-order valence-corrected chi connectivity index (χ1v) is 6.72. The number of methoxy groups -OCH3 is 1. The summed E-state index contributed by atoms with van der Waals surface area (Å²) in [5.41, 5.74) is 0.443. The molecule has 0 radical (unpaired) electrons. The second kappa shape index (κ2) is 6.39. The predicted octanol–water partition coefficient (Wildman–Crippen LogP) is 2.70. The van der Waals surface area contributed by atoms with E-state index in [9.17, 15) is 4.79 Å². The van der Waals surface area contributed by atoms with Gasteiger partial charge >= 0.3 is 5.97 Å². The van der Waals surface area contributed by atoms with E-state index < -0.39 is 0 Å². The summed E-state index contributed by atoms with van der Waals surface area (Å²) < 4.78 is 4.64. The highest BCUT2D eigenvalue weighted by atomic mass is 16.5. The fourth-order valence-electron chi connectivity index (χ4n) is 2.57. The lowest BCUT2D eigenvalue weighted by Crippen LogP contribution is -2.38. The molecule has 0 unspecified atom stereocenters. The molecule has 1 aliphatic heterocycles. The molecule has 0 bridgehead atoms. The minimum absolute atomic E-state index is 0.0884. The fraction of sp³-hybridized carbons (Fsp3) is 0.929. The zero-order valence-corrected chi connectivity index (χ0v) is 11.8. The molecular formula is C14H27NO2. The third kappa shape index (κ3) is 5.07. The molecule has 0 spiro atoms. The van der Waals surface area contributed by atoms with Crippen LogP contribution >= 0.6 is 0 Å². The van der Waals surface area contributed by atoms with Crippen molar-refractivity contribution in [2.24, 2.45) is 11.3 Å². The first-order valence-electron chi connectivity index (χ1n) is 6.72. The average Bonchev–Trinajstić information content (AvgIpc) is 2.28. The summed E-state index contributed by atoms with van der Waals surface area (Å²) in [6.07, 6.45) is 4.06. The first-order chi connectivity index (χ1) is 7.93. The topological polar surface area (TPSA) is 29.5 Å². The second-order valence-electron chi connectivity index (χ2n) is 6.16. The summed E-state index contributed by atoms with van der Waals surface area (Å²) in [5.74, 6) is 0.758. The molecule has 3 heteroatoms. The zero-order chi connectivity index (χ0) is 12.9. The van der Waals surface area contributed by atoms with Gasteiger partial charge in [-0.05, 0) is 50.2 Å². The number of nitrogens with zero attached hydrogens (tertiary/aromatic N) is 1. The van der Waals surface area contributed by atoms with Crippen LogP contribution in [0.5, 0.6) is 0 Å². The van der Waals surface area contributed by atoms with Gasteiger partial charge in [0.1, 0.15) is 0 Å². The molecule has 100 valence electrons.